The molecule has 0 heterocycles. The summed E-state index contributed by atoms with van der Waals surface area (Å²) >= 11 is 0. The smallest absolute Gasteiger partial charge is 0.121 e. The van der Waals surface area contributed by atoms with Crippen LogP contribution in [0.2, 0.25) is 0 Å². The molecule has 0 saturated heterocycles. The lowest BCUT2D eigenvalue weighted by Crippen LogP contribution is -2.31. The van der Waals surface area contributed by atoms with Crippen molar-refractivity contribution >= 4 is 34.1 Å². The molecule has 7 unspecified atom stereocenters. The Morgan fingerprint density at radius 1 is 0.429 bits per heavy atom. The Hall–Kier alpha value is -8.68. The molecular weight excluding hydrogens is 1030 g/mol. The predicted octanol–water partition coefficient (Wildman–Crippen LogP) is 19.2. The standard InChI is InChI=1S/C78H74N2O4/c1-5-7-17-52-31-39-56(40-32-52)62-21-11-15-25-69(62)79(67-23-13-9-19-60(67)54-35-27-50(3)28-36-54)58-43-45-64(71(81)47-58)73-66-49-78(75(73)77(78)84)74(76(66)83)65-46-44-59(48-72(65)82)80(68-24-14-10-20-61(68)55-37-29-51(4)30-38-55)70-26-16-12-22-63(70)57-41-33-53(34-42-57)18-8-6-2/h9-16,19-48,66,73-77,81-84H,5-8,17-18,49H2,1-4H3. The van der Waals surface area contributed by atoms with Crippen LogP contribution in [0.5, 0.6) is 11.5 Å². The zero-order valence-electron chi connectivity index (χ0n) is 48.5. The fourth-order valence-electron chi connectivity index (χ4n) is 14.7. The van der Waals surface area contributed by atoms with Crippen LogP contribution in [0, 0.1) is 31.1 Å². The molecule has 6 heteroatoms. The van der Waals surface area contributed by atoms with Crippen LogP contribution in [0.15, 0.2) is 231 Å². The second-order valence-corrected chi connectivity index (χ2v) is 24.0. The number of benzene rings is 10. The third-order valence-corrected chi connectivity index (χ3v) is 18.9. The molecule has 1 spiro atoms. The van der Waals surface area contributed by atoms with Crippen molar-refractivity contribution in [3.8, 4) is 56.0 Å². The quantitative estimate of drug-likeness (QED) is 0.0685. The van der Waals surface area contributed by atoms with E-state index in [0.29, 0.717) is 12.0 Å². The van der Waals surface area contributed by atoms with E-state index in [1.807, 2.05) is 24.3 Å². The molecule has 0 amide bonds. The Bertz CT molecular complexity index is 3980. The Morgan fingerprint density at radius 2 is 0.786 bits per heavy atom. The van der Waals surface area contributed by atoms with Gasteiger partial charge in [-0.05, 0) is 133 Å². The minimum atomic E-state index is -0.878. The predicted molar refractivity (Wildman–Crippen MR) is 346 cm³/mol. The maximum Gasteiger partial charge on any atom is 0.121 e. The number of phenolic OH excluding ortho intramolecular Hbond substituents is 2. The molecule has 3 aliphatic rings. The molecule has 6 nitrogen and oxygen atoms in total. The number of aliphatic hydroxyl groups excluding tert-OH is 2. The lowest BCUT2D eigenvalue weighted by molar-refractivity contribution is 0.0774. The molecule has 420 valence electrons. The van der Waals surface area contributed by atoms with E-state index in [0.717, 1.165) is 123 Å². The molecule has 3 fully saturated rings. The number of hydrogen-bond acceptors (Lipinski definition) is 6. The molecule has 3 saturated carbocycles. The first kappa shape index (κ1) is 54.6. The van der Waals surface area contributed by atoms with Gasteiger partial charge in [-0.15, -0.1) is 0 Å². The summed E-state index contributed by atoms with van der Waals surface area (Å²) in [5.74, 6) is -1.06. The zero-order chi connectivity index (χ0) is 57.6. The molecule has 0 aliphatic heterocycles. The number of phenols is 2. The van der Waals surface area contributed by atoms with Gasteiger partial charge >= 0.3 is 0 Å². The molecule has 10 aromatic carbocycles. The molecule has 7 atom stereocenters. The van der Waals surface area contributed by atoms with E-state index in [9.17, 15) is 20.4 Å². The van der Waals surface area contributed by atoms with Gasteiger partial charge in [0.15, 0.2) is 0 Å². The van der Waals surface area contributed by atoms with Crippen molar-refractivity contribution in [1.82, 2.24) is 0 Å². The highest BCUT2D eigenvalue weighted by Crippen LogP contribution is 2.82. The number of unbranched alkanes of at least 4 members (excludes halogenated alkanes) is 2. The summed E-state index contributed by atoms with van der Waals surface area (Å²) in [6.45, 7) is 8.66. The van der Waals surface area contributed by atoms with Gasteiger partial charge in [0.05, 0.1) is 35.0 Å². The largest absolute Gasteiger partial charge is 0.508 e. The topological polar surface area (TPSA) is 87.4 Å². The van der Waals surface area contributed by atoms with Gasteiger partial charge in [-0.3, -0.25) is 0 Å². The van der Waals surface area contributed by atoms with Crippen molar-refractivity contribution in [3.05, 3.63) is 264 Å². The maximum atomic E-state index is 12.7. The van der Waals surface area contributed by atoms with E-state index in [2.05, 4.69) is 244 Å². The molecule has 84 heavy (non-hydrogen) atoms. The first-order valence-electron chi connectivity index (χ1n) is 30.4. The number of aliphatic hydroxyl groups is 2. The van der Waals surface area contributed by atoms with E-state index in [4.69, 9.17) is 0 Å². The summed E-state index contributed by atoms with van der Waals surface area (Å²) in [5.41, 5.74) is 19.7. The number of aryl methyl sites for hydroxylation is 4. The van der Waals surface area contributed by atoms with Crippen LogP contribution in [0.4, 0.5) is 34.1 Å². The minimum Gasteiger partial charge on any atom is -0.508 e. The van der Waals surface area contributed by atoms with Gasteiger partial charge in [-0.1, -0.05) is 220 Å². The molecule has 10 aromatic rings. The first-order valence-corrected chi connectivity index (χ1v) is 30.4. The van der Waals surface area contributed by atoms with Gasteiger partial charge in [-0.2, -0.15) is 0 Å². The summed E-state index contributed by atoms with van der Waals surface area (Å²) in [6.07, 6.45) is 5.65. The van der Waals surface area contributed by atoms with Crippen molar-refractivity contribution in [2.24, 2.45) is 17.3 Å². The Labute approximate surface area is 495 Å². The van der Waals surface area contributed by atoms with Crippen molar-refractivity contribution < 1.29 is 20.4 Å². The lowest BCUT2D eigenvalue weighted by atomic mass is 9.74. The highest BCUT2D eigenvalue weighted by Gasteiger charge is 2.82. The van der Waals surface area contributed by atoms with Crippen LogP contribution in [0.3, 0.4) is 0 Å². The lowest BCUT2D eigenvalue weighted by Gasteiger charge is -2.34. The fraction of sp³-hybridized carbons (Fsp3) is 0.231. The number of aromatic hydroxyl groups is 2. The maximum absolute atomic E-state index is 12.7. The van der Waals surface area contributed by atoms with Gasteiger partial charge in [0.1, 0.15) is 11.5 Å². The summed E-state index contributed by atoms with van der Waals surface area (Å²) in [7, 11) is 0. The summed E-state index contributed by atoms with van der Waals surface area (Å²) < 4.78 is 0. The van der Waals surface area contributed by atoms with E-state index < -0.39 is 23.5 Å². The number of nitrogens with zero attached hydrogens (tertiary/aromatic N) is 2. The van der Waals surface area contributed by atoms with E-state index >= 15 is 0 Å². The number of hydrogen-bond donors (Lipinski definition) is 4. The third-order valence-electron chi connectivity index (χ3n) is 18.9. The number of rotatable bonds is 18. The second-order valence-electron chi connectivity index (χ2n) is 24.0. The SMILES string of the molecule is CCCCc1ccc(-c2ccccc2N(c2ccc(C3C4CC5(C(O)C35)C(c3ccc(N(c5ccccc5-c5ccc(C)cc5)c5ccccc5-c5ccc(CCCC)cc5)cc3O)C4O)c(O)c2)c2ccccc2-c2ccc(C)cc2)cc1. The van der Waals surface area contributed by atoms with Gasteiger partial charge in [0.25, 0.3) is 0 Å². The normalized spacial score (nSPS) is 20.2. The monoisotopic (exact) mass is 1100 g/mol. The first-order chi connectivity index (χ1) is 41.1. The van der Waals surface area contributed by atoms with Crippen molar-refractivity contribution in [2.45, 2.75) is 96.7 Å². The van der Waals surface area contributed by atoms with Gasteiger partial charge in [-0.25, -0.2) is 0 Å². The molecule has 0 aromatic heterocycles. The van der Waals surface area contributed by atoms with Crippen LogP contribution in [0.25, 0.3) is 44.5 Å². The van der Waals surface area contributed by atoms with Gasteiger partial charge in [0.2, 0.25) is 0 Å². The summed E-state index contributed by atoms with van der Waals surface area (Å²) in [4.78, 5) is 4.51. The minimum absolute atomic E-state index is 0.0781. The summed E-state index contributed by atoms with van der Waals surface area (Å²) in [5, 5.41) is 50.1. The highest BCUT2D eigenvalue weighted by atomic mass is 16.3. The van der Waals surface area contributed by atoms with Crippen LogP contribution in [-0.4, -0.2) is 32.6 Å². The molecular formula is C78H74N2O4. The van der Waals surface area contributed by atoms with Crippen LogP contribution in [-0.2, 0) is 12.8 Å². The fourth-order valence-corrected chi connectivity index (χ4v) is 14.7. The Balaban J connectivity index is 0.852. The second kappa shape index (κ2) is 22.8. The zero-order valence-corrected chi connectivity index (χ0v) is 48.5. The third kappa shape index (κ3) is 9.75. The Morgan fingerprint density at radius 3 is 1.15 bits per heavy atom. The van der Waals surface area contributed by atoms with Crippen LogP contribution >= 0.6 is 0 Å². The van der Waals surface area contributed by atoms with E-state index in [1.165, 1.54) is 22.3 Å². The molecule has 2 bridgehead atoms. The average molecular weight is 1100 g/mol. The number of fused-ring (bicyclic) bond motifs is 1. The highest BCUT2D eigenvalue weighted by molar-refractivity contribution is 5.95. The van der Waals surface area contributed by atoms with E-state index in [1.54, 1.807) is 0 Å². The van der Waals surface area contributed by atoms with Crippen molar-refractivity contribution in [2.75, 3.05) is 9.80 Å². The average Bonchev–Trinajstić information content (AvgIpc) is 1.48. The van der Waals surface area contributed by atoms with E-state index in [-0.39, 0.29) is 29.3 Å². The van der Waals surface area contributed by atoms with Crippen LogP contribution in [0.1, 0.15) is 91.2 Å². The number of para-hydroxylation sites is 4. The van der Waals surface area contributed by atoms with Crippen LogP contribution < -0.4 is 9.80 Å². The molecule has 0 radical (unpaired) electrons. The van der Waals surface area contributed by atoms with Gasteiger partial charge in [0, 0.05) is 68.6 Å². The molecule has 4 N–H and O–H groups in total. The Kier molecular flexibility index (Phi) is 14.8. The molecule has 3 aliphatic carbocycles. The van der Waals surface area contributed by atoms with Gasteiger partial charge < -0.3 is 30.2 Å². The molecule has 13 rings (SSSR count). The number of anilines is 6. The van der Waals surface area contributed by atoms with Crippen molar-refractivity contribution in [1.29, 1.82) is 0 Å². The summed E-state index contributed by atoms with van der Waals surface area (Å²) in [6, 6.07) is 80.9. The van der Waals surface area contributed by atoms with Crippen molar-refractivity contribution in [3.63, 3.8) is 0 Å².